The summed E-state index contributed by atoms with van der Waals surface area (Å²) in [5.41, 5.74) is 2.02. The van der Waals surface area contributed by atoms with Gasteiger partial charge in [-0.1, -0.05) is 27.2 Å². The SMILES string of the molecule is CC.CCCCc1cnn(PI)c(=O)c1C. The Labute approximate surface area is 112 Å². The summed E-state index contributed by atoms with van der Waals surface area (Å²) in [7, 11) is 0. The van der Waals surface area contributed by atoms with Crippen LogP contribution in [0.5, 0.6) is 0 Å². The van der Waals surface area contributed by atoms with Gasteiger partial charge in [-0.15, -0.1) is 0 Å². The predicted molar refractivity (Wildman–Crippen MR) is 80.9 cm³/mol. The van der Waals surface area contributed by atoms with Gasteiger partial charge in [-0.05, 0) is 47.4 Å². The van der Waals surface area contributed by atoms with E-state index in [1.54, 1.807) is 0 Å². The van der Waals surface area contributed by atoms with E-state index in [0.29, 0.717) is 6.37 Å². The van der Waals surface area contributed by atoms with E-state index in [-0.39, 0.29) is 5.56 Å². The first-order valence-corrected chi connectivity index (χ1v) is 9.71. The molecule has 0 amide bonds. The zero-order valence-corrected chi connectivity index (χ0v) is 13.5. The summed E-state index contributed by atoms with van der Waals surface area (Å²) in [6, 6.07) is 0. The predicted octanol–water partition coefficient (Wildman–Crippen LogP) is 3.71. The van der Waals surface area contributed by atoms with Crippen LogP contribution in [-0.2, 0) is 6.42 Å². The fourth-order valence-corrected chi connectivity index (χ4v) is 2.63. The topological polar surface area (TPSA) is 34.9 Å². The Hall–Kier alpha value is 0.0400. The summed E-state index contributed by atoms with van der Waals surface area (Å²) in [6.45, 7) is 8.04. The molecule has 0 saturated heterocycles. The van der Waals surface area contributed by atoms with Crippen LogP contribution < -0.4 is 5.56 Å². The van der Waals surface area contributed by atoms with Crippen molar-refractivity contribution in [3.8, 4) is 0 Å². The fourth-order valence-electron chi connectivity index (χ4n) is 1.25. The van der Waals surface area contributed by atoms with E-state index in [0.717, 1.165) is 30.4 Å². The number of rotatable bonds is 4. The molecule has 16 heavy (non-hydrogen) atoms. The van der Waals surface area contributed by atoms with Gasteiger partial charge in [0.15, 0.2) is 0 Å². The summed E-state index contributed by atoms with van der Waals surface area (Å²) >= 11 is 2.16. The van der Waals surface area contributed by atoms with E-state index in [1.165, 1.54) is 4.45 Å². The van der Waals surface area contributed by atoms with Gasteiger partial charge in [0.1, 0.15) is 0 Å². The molecule has 0 N–H and O–H groups in total. The Morgan fingerprint density at radius 3 is 2.62 bits per heavy atom. The highest BCUT2D eigenvalue weighted by molar-refractivity contribution is 14.2. The van der Waals surface area contributed by atoms with Crippen LogP contribution in [0.15, 0.2) is 11.0 Å². The first kappa shape index (κ1) is 16.0. The highest BCUT2D eigenvalue weighted by Gasteiger charge is 2.05. The number of hydrogen-bond donors (Lipinski definition) is 0. The van der Waals surface area contributed by atoms with E-state index in [4.69, 9.17) is 0 Å². The summed E-state index contributed by atoms with van der Waals surface area (Å²) < 4.78 is 1.52. The third kappa shape index (κ3) is 4.50. The standard InChI is InChI=1S/C9H14IN2OP.C2H6/c1-3-4-5-8-6-11-12(14-10)9(13)7(8)2;1-2/h6,14H,3-5H2,1-2H3;1-2H3. The second-order valence-corrected chi connectivity index (χ2v) is 5.24. The molecule has 1 heterocycles. The maximum atomic E-state index is 11.7. The van der Waals surface area contributed by atoms with Gasteiger partial charge in [-0.3, -0.25) is 4.79 Å². The van der Waals surface area contributed by atoms with Crippen molar-refractivity contribution in [2.45, 2.75) is 47.0 Å². The largest absolute Gasteiger partial charge is 0.273 e. The Morgan fingerprint density at radius 2 is 2.12 bits per heavy atom. The number of halogens is 1. The number of aromatic nitrogens is 2. The molecule has 0 radical (unpaired) electrons. The highest BCUT2D eigenvalue weighted by atomic mass is 127. The third-order valence-electron chi connectivity index (χ3n) is 2.20. The summed E-state index contributed by atoms with van der Waals surface area (Å²) in [5.74, 6) is 0. The number of nitrogens with zero attached hydrogens (tertiary/aromatic N) is 2. The maximum Gasteiger partial charge on any atom is 0.273 e. The van der Waals surface area contributed by atoms with Gasteiger partial charge < -0.3 is 0 Å². The Bertz CT molecular complexity index is 365. The molecule has 0 aromatic carbocycles. The van der Waals surface area contributed by atoms with Gasteiger partial charge in [0.25, 0.3) is 5.56 Å². The third-order valence-corrected chi connectivity index (χ3v) is 4.05. The molecule has 1 aromatic heterocycles. The number of aryl methyl sites for hydroxylation is 1. The van der Waals surface area contributed by atoms with Gasteiger partial charge in [0, 0.05) is 5.56 Å². The van der Waals surface area contributed by atoms with Crippen LogP contribution in [-0.4, -0.2) is 9.55 Å². The van der Waals surface area contributed by atoms with Gasteiger partial charge in [-0.2, -0.15) is 5.10 Å². The van der Waals surface area contributed by atoms with Gasteiger partial charge in [-0.25, -0.2) is 4.45 Å². The van der Waals surface area contributed by atoms with Gasteiger partial charge in [0.05, 0.1) is 12.6 Å². The molecule has 3 nitrogen and oxygen atoms in total. The molecule has 0 bridgehead atoms. The fraction of sp³-hybridized carbons (Fsp3) is 0.636. The Balaban J connectivity index is 0.00000106. The van der Waals surface area contributed by atoms with Crippen LogP contribution >= 0.6 is 28.4 Å². The van der Waals surface area contributed by atoms with Gasteiger partial charge in [0.2, 0.25) is 0 Å². The zero-order chi connectivity index (χ0) is 12.6. The average molecular weight is 354 g/mol. The summed E-state index contributed by atoms with van der Waals surface area (Å²) in [6.07, 6.45) is 5.46. The molecule has 92 valence electrons. The minimum absolute atomic E-state index is 0.0614. The molecule has 0 aliphatic heterocycles. The van der Waals surface area contributed by atoms with Gasteiger partial charge >= 0.3 is 0 Å². The van der Waals surface area contributed by atoms with Crippen molar-refractivity contribution in [3.05, 3.63) is 27.7 Å². The van der Waals surface area contributed by atoms with Crippen LogP contribution in [0.1, 0.15) is 44.7 Å². The molecule has 0 saturated carbocycles. The van der Waals surface area contributed by atoms with E-state index < -0.39 is 0 Å². The van der Waals surface area contributed by atoms with Crippen LogP contribution in [0.3, 0.4) is 0 Å². The lowest BCUT2D eigenvalue weighted by atomic mass is 10.1. The highest BCUT2D eigenvalue weighted by Crippen LogP contribution is 2.19. The summed E-state index contributed by atoms with van der Waals surface area (Å²) in [5, 5.41) is 4.12. The maximum absolute atomic E-state index is 11.7. The monoisotopic (exact) mass is 354 g/mol. The van der Waals surface area contributed by atoms with Crippen molar-refractivity contribution in [2.75, 3.05) is 0 Å². The number of hydrogen-bond acceptors (Lipinski definition) is 2. The van der Waals surface area contributed by atoms with Crippen LogP contribution in [0.25, 0.3) is 0 Å². The van der Waals surface area contributed by atoms with E-state index in [2.05, 4.69) is 34.1 Å². The molecular formula is C11H20IN2OP. The zero-order valence-electron chi connectivity index (χ0n) is 10.4. The van der Waals surface area contributed by atoms with Crippen molar-refractivity contribution in [1.29, 1.82) is 0 Å². The lowest BCUT2D eigenvalue weighted by Crippen LogP contribution is -2.20. The Morgan fingerprint density at radius 1 is 1.50 bits per heavy atom. The van der Waals surface area contributed by atoms with Crippen LogP contribution in [0.4, 0.5) is 0 Å². The smallest absolute Gasteiger partial charge is 0.267 e. The minimum Gasteiger partial charge on any atom is -0.267 e. The second-order valence-electron chi connectivity index (χ2n) is 3.20. The molecule has 0 aliphatic rings. The van der Waals surface area contributed by atoms with Crippen LogP contribution in [0, 0.1) is 6.92 Å². The molecular weight excluding hydrogens is 334 g/mol. The molecule has 0 fully saturated rings. The molecule has 1 aromatic rings. The molecule has 1 unspecified atom stereocenters. The first-order valence-electron chi connectivity index (χ1n) is 5.65. The number of unbranched alkanes of at least 4 members (excludes halogenated alkanes) is 1. The van der Waals surface area contributed by atoms with E-state index >= 15 is 0 Å². The van der Waals surface area contributed by atoms with Crippen molar-refractivity contribution in [3.63, 3.8) is 0 Å². The lowest BCUT2D eigenvalue weighted by Gasteiger charge is -2.05. The molecule has 5 heteroatoms. The minimum atomic E-state index is 0.0614. The Kier molecular flexibility index (Phi) is 9.13. The molecule has 0 aliphatic carbocycles. The molecule has 0 spiro atoms. The normalized spacial score (nSPS) is 10.3. The first-order chi connectivity index (χ1) is 7.70. The van der Waals surface area contributed by atoms with Crippen molar-refractivity contribution in [1.82, 2.24) is 9.55 Å². The second kappa shape index (κ2) is 9.11. The van der Waals surface area contributed by atoms with Crippen LogP contribution in [0.2, 0.25) is 0 Å². The summed E-state index contributed by atoms with van der Waals surface area (Å²) in [4.78, 5) is 11.7. The molecule has 1 atom stereocenters. The van der Waals surface area contributed by atoms with E-state index in [9.17, 15) is 4.79 Å². The molecule has 1 rings (SSSR count). The van der Waals surface area contributed by atoms with E-state index in [1.807, 2.05) is 27.0 Å². The lowest BCUT2D eigenvalue weighted by molar-refractivity contribution is 0.771. The van der Waals surface area contributed by atoms with Crippen molar-refractivity contribution < 1.29 is 0 Å². The average Bonchev–Trinajstić information content (AvgIpc) is 2.34. The van der Waals surface area contributed by atoms with Crippen molar-refractivity contribution in [2.24, 2.45) is 0 Å². The van der Waals surface area contributed by atoms with Crippen molar-refractivity contribution >= 4 is 28.4 Å². The quantitative estimate of drug-likeness (QED) is 0.610.